The summed E-state index contributed by atoms with van der Waals surface area (Å²) in [4.78, 5) is 13.2. The summed E-state index contributed by atoms with van der Waals surface area (Å²) in [5.41, 5.74) is -0.0228. The first-order valence-corrected chi connectivity index (χ1v) is 11.2. The van der Waals surface area contributed by atoms with Gasteiger partial charge in [0.2, 0.25) is 10.0 Å². The molecule has 1 fully saturated rings. The molecule has 0 unspecified atom stereocenters. The Morgan fingerprint density at radius 2 is 1.55 bits per heavy atom. The number of fused-ring (bicyclic) bond motifs is 3. The second-order valence-corrected chi connectivity index (χ2v) is 9.70. The first-order valence-electron chi connectivity index (χ1n) is 9.78. The molecule has 0 saturated carbocycles. The number of hydrogen-bond acceptors (Lipinski definition) is 4. The van der Waals surface area contributed by atoms with Crippen LogP contribution in [0.15, 0.2) is 71.6 Å². The molecule has 3 aromatic rings. The number of sulfonamides is 1. The smallest absolute Gasteiger partial charge is 0.243 e. The third kappa shape index (κ3) is 3.03. The number of ketones is 1. The van der Waals surface area contributed by atoms with Crippen LogP contribution in [-0.4, -0.2) is 37.2 Å². The Bertz CT molecular complexity index is 1200. The molecule has 5 rings (SSSR count). The summed E-state index contributed by atoms with van der Waals surface area (Å²) >= 11 is 0. The Balaban J connectivity index is 1.43. The van der Waals surface area contributed by atoms with Crippen LogP contribution in [-0.2, 0) is 10.0 Å². The molecular formula is C23H21NO4S. The van der Waals surface area contributed by atoms with Crippen molar-refractivity contribution in [1.82, 2.24) is 4.31 Å². The van der Waals surface area contributed by atoms with Gasteiger partial charge < -0.3 is 4.74 Å². The quantitative estimate of drug-likeness (QED) is 0.643. The monoisotopic (exact) mass is 407 g/mol. The maximum atomic E-state index is 12.9. The van der Waals surface area contributed by atoms with Crippen molar-refractivity contribution in [2.45, 2.75) is 29.8 Å². The van der Waals surface area contributed by atoms with Crippen molar-refractivity contribution in [1.29, 1.82) is 0 Å². The second-order valence-electron chi connectivity index (χ2n) is 7.77. The normalized spacial score (nSPS) is 19.1. The van der Waals surface area contributed by atoms with Crippen molar-refractivity contribution in [3.8, 4) is 5.75 Å². The molecule has 0 aromatic heterocycles. The van der Waals surface area contributed by atoms with Crippen molar-refractivity contribution in [3.63, 3.8) is 0 Å². The van der Waals surface area contributed by atoms with Crippen molar-refractivity contribution >= 4 is 26.6 Å². The minimum absolute atomic E-state index is 0.0661. The van der Waals surface area contributed by atoms with Gasteiger partial charge in [0.25, 0.3) is 0 Å². The molecular weight excluding hydrogens is 386 g/mol. The number of carbonyl (C=O) groups is 1. The molecule has 3 aromatic carbocycles. The molecule has 0 radical (unpaired) electrons. The molecule has 0 amide bonds. The Labute approximate surface area is 170 Å². The van der Waals surface area contributed by atoms with Crippen LogP contribution < -0.4 is 4.74 Å². The fourth-order valence-corrected chi connectivity index (χ4v) is 5.83. The van der Waals surface area contributed by atoms with Crippen LogP contribution in [0.3, 0.4) is 0 Å². The SMILES string of the molecule is O=C1CC2(CCN(S(=O)(=O)c3ccccc3)CC2)Oc2c1ccc1ccccc21. The number of nitrogens with zero attached hydrogens (tertiary/aromatic N) is 1. The first kappa shape index (κ1) is 18.3. The molecule has 2 aliphatic rings. The highest BCUT2D eigenvalue weighted by molar-refractivity contribution is 7.89. The highest BCUT2D eigenvalue weighted by atomic mass is 32.2. The van der Waals surface area contributed by atoms with Gasteiger partial charge in [-0.25, -0.2) is 8.42 Å². The second kappa shape index (κ2) is 6.68. The highest BCUT2D eigenvalue weighted by Gasteiger charge is 2.45. The molecule has 6 heteroatoms. The van der Waals surface area contributed by atoms with Crippen molar-refractivity contribution < 1.29 is 17.9 Å². The predicted octanol–water partition coefficient (Wildman–Crippen LogP) is 4.03. The Morgan fingerprint density at radius 3 is 2.31 bits per heavy atom. The molecule has 2 heterocycles. The lowest BCUT2D eigenvalue weighted by molar-refractivity contribution is 0.00715. The third-order valence-corrected chi connectivity index (χ3v) is 7.91. The summed E-state index contributed by atoms with van der Waals surface area (Å²) < 4.78 is 33.8. The van der Waals surface area contributed by atoms with Crippen LogP contribution in [0.1, 0.15) is 29.6 Å². The third-order valence-electron chi connectivity index (χ3n) is 6.00. The van der Waals surface area contributed by atoms with E-state index in [2.05, 4.69) is 0 Å². The fourth-order valence-electron chi connectivity index (χ4n) is 4.37. The van der Waals surface area contributed by atoms with Gasteiger partial charge in [-0.2, -0.15) is 4.31 Å². The van der Waals surface area contributed by atoms with Gasteiger partial charge in [0.1, 0.15) is 11.4 Å². The van der Waals surface area contributed by atoms with Crippen molar-refractivity contribution in [3.05, 3.63) is 72.3 Å². The molecule has 5 nitrogen and oxygen atoms in total. The summed E-state index contributed by atoms with van der Waals surface area (Å²) in [7, 11) is -3.53. The average Bonchev–Trinajstić information content (AvgIpc) is 2.74. The van der Waals surface area contributed by atoms with E-state index < -0.39 is 15.6 Å². The van der Waals surface area contributed by atoms with Gasteiger partial charge in [0, 0.05) is 31.3 Å². The van der Waals surface area contributed by atoms with Gasteiger partial charge >= 0.3 is 0 Å². The van der Waals surface area contributed by atoms with E-state index >= 15 is 0 Å². The molecule has 29 heavy (non-hydrogen) atoms. The maximum absolute atomic E-state index is 12.9. The Morgan fingerprint density at radius 1 is 0.862 bits per heavy atom. The number of rotatable bonds is 2. The van der Waals surface area contributed by atoms with E-state index in [-0.39, 0.29) is 12.2 Å². The van der Waals surface area contributed by atoms with Gasteiger partial charge in [0.15, 0.2) is 5.78 Å². The van der Waals surface area contributed by atoms with Crippen LogP contribution in [0, 0.1) is 0 Å². The molecule has 1 saturated heterocycles. The van der Waals surface area contributed by atoms with E-state index in [0.717, 1.165) is 10.8 Å². The number of benzene rings is 3. The fraction of sp³-hybridized carbons (Fsp3) is 0.261. The van der Waals surface area contributed by atoms with E-state index in [1.54, 1.807) is 30.3 Å². The number of piperidine rings is 1. The molecule has 148 valence electrons. The first-order chi connectivity index (χ1) is 14.0. The summed E-state index contributed by atoms with van der Waals surface area (Å²) in [5.74, 6) is 0.704. The van der Waals surface area contributed by atoms with Gasteiger partial charge in [0.05, 0.1) is 16.9 Å². The van der Waals surface area contributed by atoms with Crippen LogP contribution >= 0.6 is 0 Å². The number of carbonyl (C=O) groups excluding carboxylic acids is 1. The molecule has 1 spiro atoms. The zero-order valence-electron chi connectivity index (χ0n) is 15.9. The van der Waals surface area contributed by atoms with E-state index in [0.29, 0.717) is 42.1 Å². The Hall–Kier alpha value is -2.70. The van der Waals surface area contributed by atoms with Crippen LogP contribution in [0.5, 0.6) is 5.75 Å². The number of hydrogen-bond donors (Lipinski definition) is 0. The van der Waals surface area contributed by atoms with Crippen LogP contribution in [0.4, 0.5) is 0 Å². The lowest BCUT2D eigenvalue weighted by Crippen LogP contribution is -2.52. The van der Waals surface area contributed by atoms with Crippen molar-refractivity contribution in [2.75, 3.05) is 13.1 Å². The van der Waals surface area contributed by atoms with Gasteiger partial charge in [-0.3, -0.25) is 4.79 Å². The van der Waals surface area contributed by atoms with E-state index in [9.17, 15) is 13.2 Å². The highest BCUT2D eigenvalue weighted by Crippen LogP contribution is 2.43. The zero-order valence-corrected chi connectivity index (χ0v) is 16.7. The zero-order chi connectivity index (χ0) is 20.1. The summed E-state index contributed by atoms with van der Waals surface area (Å²) in [5, 5.41) is 1.96. The minimum atomic E-state index is -3.53. The predicted molar refractivity (Wildman–Crippen MR) is 111 cm³/mol. The summed E-state index contributed by atoms with van der Waals surface area (Å²) in [6.45, 7) is 0.676. The largest absolute Gasteiger partial charge is 0.485 e. The van der Waals surface area contributed by atoms with E-state index in [4.69, 9.17) is 4.74 Å². The minimum Gasteiger partial charge on any atom is -0.485 e. The summed E-state index contributed by atoms with van der Waals surface area (Å²) in [6, 6.07) is 20.1. The molecule has 0 aliphatic carbocycles. The van der Waals surface area contributed by atoms with Crippen LogP contribution in [0.25, 0.3) is 10.8 Å². The van der Waals surface area contributed by atoms with Crippen molar-refractivity contribution in [2.24, 2.45) is 0 Å². The lowest BCUT2D eigenvalue weighted by Gasteiger charge is -2.43. The number of ether oxygens (including phenoxy) is 1. The van der Waals surface area contributed by atoms with Gasteiger partial charge in [-0.1, -0.05) is 48.5 Å². The van der Waals surface area contributed by atoms with Gasteiger partial charge in [-0.05, 0) is 23.6 Å². The van der Waals surface area contributed by atoms with E-state index in [1.807, 2.05) is 36.4 Å². The molecule has 0 atom stereocenters. The standard InChI is InChI=1S/C23H21NO4S/c25-21-16-23(28-22-19-9-5-4-6-17(19)10-11-20(21)22)12-14-24(15-13-23)29(26,27)18-7-2-1-3-8-18/h1-11H,12-16H2. The van der Waals surface area contributed by atoms with E-state index in [1.165, 1.54) is 4.31 Å². The topological polar surface area (TPSA) is 63.7 Å². The molecule has 2 aliphatic heterocycles. The molecule has 0 bridgehead atoms. The molecule has 0 N–H and O–H groups in total. The Kier molecular flexibility index (Phi) is 4.22. The lowest BCUT2D eigenvalue weighted by atomic mass is 9.82. The van der Waals surface area contributed by atoms with Gasteiger partial charge in [-0.15, -0.1) is 0 Å². The summed E-state index contributed by atoms with van der Waals surface area (Å²) in [6.07, 6.45) is 1.28. The maximum Gasteiger partial charge on any atom is 0.243 e. The average molecular weight is 407 g/mol. The van der Waals surface area contributed by atoms with Crippen LogP contribution in [0.2, 0.25) is 0 Å². The number of Topliss-reactive ketones (excluding diaryl/α,β-unsaturated/α-hetero) is 1.